The number of benzene rings is 1. The van der Waals surface area contributed by atoms with Gasteiger partial charge >= 0.3 is 6.09 Å². The Balaban J connectivity index is 1.61. The van der Waals surface area contributed by atoms with E-state index < -0.39 is 23.4 Å². The van der Waals surface area contributed by atoms with Crippen molar-refractivity contribution in [3.8, 4) is 0 Å². The Hall–Kier alpha value is -4.09. The molecule has 1 aliphatic rings. The molecule has 11 nitrogen and oxygen atoms in total. The Morgan fingerprint density at radius 2 is 1.90 bits per heavy atom. The first-order valence-electron chi connectivity index (χ1n) is 12.9. The highest BCUT2D eigenvalue weighted by Crippen LogP contribution is 2.35. The van der Waals surface area contributed by atoms with Gasteiger partial charge in [-0.25, -0.2) is 14.2 Å². The van der Waals surface area contributed by atoms with Gasteiger partial charge in [0.2, 0.25) is 0 Å². The third-order valence-corrected chi connectivity index (χ3v) is 6.47. The molecule has 4 rings (SSSR count). The van der Waals surface area contributed by atoms with Crippen molar-refractivity contribution in [2.45, 2.75) is 58.2 Å². The molecule has 5 N–H and O–H groups in total. The number of rotatable bonds is 9. The van der Waals surface area contributed by atoms with Crippen LogP contribution in [0.25, 0.3) is 10.9 Å². The number of amides is 2. The lowest BCUT2D eigenvalue weighted by atomic mass is 10.1. The van der Waals surface area contributed by atoms with Gasteiger partial charge in [0.05, 0.1) is 17.1 Å². The van der Waals surface area contributed by atoms with Crippen LogP contribution in [0.2, 0.25) is 0 Å². The van der Waals surface area contributed by atoms with E-state index in [-0.39, 0.29) is 35.2 Å². The highest BCUT2D eigenvalue weighted by atomic mass is 19.1. The molecule has 0 bridgehead atoms. The number of hydrogen-bond donors (Lipinski definition) is 4. The largest absolute Gasteiger partial charge is 0.444 e. The second kappa shape index (κ2) is 10.6. The lowest BCUT2D eigenvalue weighted by Gasteiger charge is -2.28. The van der Waals surface area contributed by atoms with E-state index in [4.69, 9.17) is 10.5 Å². The number of nitrogens with two attached hydrogens (primary N) is 1. The van der Waals surface area contributed by atoms with Gasteiger partial charge in [0.15, 0.2) is 17.5 Å². The summed E-state index contributed by atoms with van der Waals surface area (Å²) in [7, 11) is 5.67. The maximum Gasteiger partial charge on any atom is 0.407 e. The molecular formula is C27H37FN8O3. The van der Waals surface area contributed by atoms with Crippen LogP contribution in [0.15, 0.2) is 24.3 Å². The number of aromatic nitrogens is 3. The molecule has 1 saturated carbocycles. The minimum atomic E-state index is -0.817. The molecular weight excluding hydrogens is 503 g/mol. The van der Waals surface area contributed by atoms with E-state index in [0.29, 0.717) is 5.69 Å². The Morgan fingerprint density at radius 3 is 2.49 bits per heavy atom. The summed E-state index contributed by atoms with van der Waals surface area (Å²) in [6.07, 6.45) is 1.36. The van der Waals surface area contributed by atoms with Gasteiger partial charge in [0.25, 0.3) is 5.91 Å². The number of hydrogen-bond acceptors (Lipinski definition) is 8. The Morgan fingerprint density at radius 1 is 1.21 bits per heavy atom. The second-order valence-electron chi connectivity index (χ2n) is 11.2. The molecule has 0 aliphatic heterocycles. The first kappa shape index (κ1) is 27.9. The second-order valence-corrected chi connectivity index (χ2v) is 11.2. The number of nitrogens with zero attached hydrogens (tertiary/aromatic N) is 4. The number of primary amides is 1. The molecule has 1 aliphatic carbocycles. The van der Waals surface area contributed by atoms with E-state index in [1.165, 1.54) is 0 Å². The molecule has 39 heavy (non-hydrogen) atoms. The average Bonchev–Trinajstić information content (AvgIpc) is 3.61. The fourth-order valence-electron chi connectivity index (χ4n) is 4.52. The van der Waals surface area contributed by atoms with Crippen molar-refractivity contribution in [2.24, 2.45) is 18.7 Å². The summed E-state index contributed by atoms with van der Waals surface area (Å²) in [4.78, 5) is 30.9. The van der Waals surface area contributed by atoms with Gasteiger partial charge in [-0.05, 0) is 70.7 Å². The monoisotopic (exact) mass is 540 g/mol. The molecule has 2 aromatic heterocycles. The van der Waals surface area contributed by atoms with Crippen molar-refractivity contribution in [3.05, 3.63) is 35.6 Å². The van der Waals surface area contributed by atoms with Gasteiger partial charge < -0.3 is 31.3 Å². The number of halogens is 1. The molecule has 0 unspecified atom stereocenters. The van der Waals surface area contributed by atoms with Gasteiger partial charge in [0.1, 0.15) is 11.4 Å². The SMILES string of the molecule is C[C@@H](Nc1nc(Nc2ccc3c(c2)c(N(C)C)nn3C)c(C(N)=O)cc1F)[C@@H](NC(=O)OC(C)(C)C)C1CC1. The fraction of sp³-hybridized carbons (Fsp3) is 0.481. The zero-order chi connectivity index (χ0) is 28.6. The first-order valence-corrected chi connectivity index (χ1v) is 12.9. The number of carbonyl (C=O) groups excluding carboxylic acids is 2. The molecule has 2 atom stereocenters. The number of nitrogens with one attached hydrogen (secondary N) is 3. The van der Waals surface area contributed by atoms with Crippen LogP contribution in [-0.2, 0) is 11.8 Å². The van der Waals surface area contributed by atoms with Gasteiger partial charge in [-0.2, -0.15) is 5.10 Å². The normalized spacial score (nSPS) is 15.0. The number of ether oxygens (including phenoxy) is 1. The minimum Gasteiger partial charge on any atom is -0.444 e. The summed E-state index contributed by atoms with van der Waals surface area (Å²) in [6, 6.07) is 5.99. The number of pyridine rings is 1. The predicted molar refractivity (Wildman–Crippen MR) is 150 cm³/mol. The number of anilines is 4. The Bertz CT molecular complexity index is 1390. The molecule has 0 spiro atoms. The summed E-state index contributed by atoms with van der Waals surface area (Å²) < 4.78 is 22.3. The lowest BCUT2D eigenvalue weighted by molar-refractivity contribution is 0.0492. The molecule has 0 saturated heterocycles. The van der Waals surface area contributed by atoms with Crippen molar-refractivity contribution in [2.75, 3.05) is 29.6 Å². The van der Waals surface area contributed by atoms with Crippen molar-refractivity contribution in [1.82, 2.24) is 20.1 Å². The molecule has 1 fully saturated rings. The van der Waals surface area contributed by atoms with Gasteiger partial charge in [-0.3, -0.25) is 9.48 Å². The van der Waals surface area contributed by atoms with Crippen LogP contribution in [0.1, 0.15) is 50.9 Å². The van der Waals surface area contributed by atoms with E-state index in [9.17, 15) is 9.59 Å². The molecule has 12 heteroatoms. The van der Waals surface area contributed by atoms with Crippen molar-refractivity contribution in [1.29, 1.82) is 0 Å². The third kappa shape index (κ3) is 6.50. The molecule has 2 amide bonds. The predicted octanol–water partition coefficient (Wildman–Crippen LogP) is 4.12. The third-order valence-electron chi connectivity index (χ3n) is 6.47. The number of fused-ring (bicyclic) bond motifs is 1. The van der Waals surface area contributed by atoms with Gasteiger partial charge in [0, 0.05) is 38.3 Å². The summed E-state index contributed by atoms with van der Waals surface area (Å²) >= 11 is 0. The van der Waals surface area contributed by atoms with E-state index in [2.05, 4.69) is 26.0 Å². The van der Waals surface area contributed by atoms with Crippen molar-refractivity contribution in [3.63, 3.8) is 0 Å². The van der Waals surface area contributed by atoms with Crippen LogP contribution in [0.4, 0.5) is 32.3 Å². The topological polar surface area (TPSA) is 139 Å². The van der Waals surface area contributed by atoms with Crippen LogP contribution >= 0.6 is 0 Å². The van der Waals surface area contributed by atoms with E-state index in [0.717, 1.165) is 35.6 Å². The van der Waals surface area contributed by atoms with Crippen LogP contribution in [0.5, 0.6) is 0 Å². The molecule has 210 valence electrons. The maximum absolute atomic E-state index is 15.1. The summed E-state index contributed by atoms with van der Waals surface area (Å²) in [5.41, 5.74) is 6.38. The Kier molecular flexibility index (Phi) is 7.58. The highest BCUT2D eigenvalue weighted by Gasteiger charge is 2.37. The van der Waals surface area contributed by atoms with Crippen LogP contribution < -0.4 is 26.6 Å². The first-order chi connectivity index (χ1) is 18.2. The van der Waals surface area contributed by atoms with E-state index in [1.807, 2.05) is 51.2 Å². The van der Waals surface area contributed by atoms with Crippen molar-refractivity contribution < 1.29 is 18.7 Å². The number of carbonyl (C=O) groups is 2. The zero-order valence-corrected chi connectivity index (χ0v) is 23.4. The van der Waals surface area contributed by atoms with Crippen LogP contribution in [0.3, 0.4) is 0 Å². The van der Waals surface area contributed by atoms with Crippen molar-refractivity contribution >= 4 is 46.0 Å². The smallest absolute Gasteiger partial charge is 0.407 e. The van der Waals surface area contributed by atoms with E-state index >= 15 is 4.39 Å². The van der Waals surface area contributed by atoms with Crippen LogP contribution in [0, 0.1) is 11.7 Å². The Labute approximate surface area is 227 Å². The fourth-order valence-corrected chi connectivity index (χ4v) is 4.52. The number of alkyl carbamates (subject to hydrolysis) is 1. The standard InChI is InChI=1S/C27H37FN8O3/c1-14(21(15-8-9-15)32-26(38)39-27(2,3)4)30-24-19(28)13-18(22(29)37)23(33-24)31-16-10-11-20-17(12-16)25(35(5)6)34-36(20)7/h10-15,21H,8-9H2,1-7H3,(H2,29,37)(H,32,38)(H2,30,31,33)/t14-,21-/m1/s1. The zero-order valence-electron chi connectivity index (χ0n) is 23.4. The molecule has 0 radical (unpaired) electrons. The highest BCUT2D eigenvalue weighted by molar-refractivity contribution is 5.99. The quantitative estimate of drug-likeness (QED) is 0.318. The average molecular weight is 541 g/mol. The molecule has 2 heterocycles. The maximum atomic E-state index is 15.1. The summed E-state index contributed by atoms with van der Waals surface area (Å²) in [6.45, 7) is 7.22. The lowest BCUT2D eigenvalue weighted by Crippen LogP contribution is -2.48. The van der Waals surface area contributed by atoms with Gasteiger partial charge in [-0.15, -0.1) is 0 Å². The number of aryl methyl sites for hydroxylation is 1. The van der Waals surface area contributed by atoms with Gasteiger partial charge in [-0.1, -0.05) is 0 Å². The summed E-state index contributed by atoms with van der Waals surface area (Å²) in [5, 5.41) is 14.6. The van der Waals surface area contributed by atoms with Crippen LogP contribution in [-0.4, -0.2) is 58.5 Å². The molecule has 3 aromatic rings. The minimum absolute atomic E-state index is 0.0666. The van der Waals surface area contributed by atoms with E-state index in [1.54, 1.807) is 25.5 Å². The summed E-state index contributed by atoms with van der Waals surface area (Å²) in [5.74, 6) is -0.492. The molecule has 1 aromatic carbocycles.